The SMILES string of the molecule is CCOc1ccc(C(=O)N2CCN(c3ccc4nccn4n3)CC2)o1. The fourth-order valence-electron chi connectivity index (χ4n) is 2.92. The minimum absolute atomic E-state index is 0.108. The molecule has 0 unspecified atom stereocenters. The van der Waals surface area contributed by atoms with Crippen LogP contribution in [0.2, 0.25) is 0 Å². The molecule has 4 heterocycles. The lowest BCUT2D eigenvalue weighted by Gasteiger charge is -2.34. The molecule has 0 atom stereocenters. The van der Waals surface area contributed by atoms with Crippen molar-refractivity contribution >= 4 is 17.4 Å². The van der Waals surface area contributed by atoms with Crippen molar-refractivity contribution in [3.63, 3.8) is 0 Å². The fourth-order valence-corrected chi connectivity index (χ4v) is 2.92. The summed E-state index contributed by atoms with van der Waals surface area (Å²) >= 11 is 0. The van der Waals surface area contributed by atoms with Crippen LogP contribution in [0.5, 0.6) is 5.95 Å². The van der Waals surface area contributed by atoms with Gasteiger partial charge in [0.2, 0.25) is 0 Å². The maximum absolute atomic E-state index is 12.5. The highest BCUT2D eigenvalue weighted by molar-refractivity contribution is 5.91. The molecular formula is C17H19N5O3. The summed E-state index contributed by atoms with van der Waals surface area (Å²) in [5.74, 6) is 1.47. The Morgan fingerprint density at radius 3 is 2.84 bits per heavy atom. The van der Waals surface area contributed by atoms with E-state index in [1.54, 1.807) is 27.7 Å². The summed E-state index contributed by atoms with van der Waals surface area (Å²) < 4.78 is 12.5. The third-order valence-electron chi connectivity index (χ3n) is 4.21. The van der Waals surface area contributed by atoms with Gasteiger partial charge in [0.05, 0.1) is 6.61 Å². The first-order valence-corrected chi connectivity index (χ1v) is 8.32. The second kappa shape index (κ2) is 6.46. The van der Waals surface area contributed by atoms with Gasteiger partial charge >= 0.3 is 0 Å². The summed E-state index contributed by atoms with van der Waals surface area (Å²) in [5, 5.41) is 4.55. The molecule has 8 heteroatoms. The van der Waals surface area contributed by atoms with Gasteiger partial charge in [0.1, 0.15) is 5.82 Å². The van der Waals surface area contributed by atoms with Crippen molar-refractivity contribution in [2.75, 3.05) is 37.7 Å². The zero-order chi connectivity index (χ0) is 17.2. The normalized spacial score (nSPS) is 14.9. The highest BCUT2D eigenvalue weighted by Crippen LogP contribution is 2.19. The summed E-state index contributed by atoms with van der Waals surface area (Å²) in [6.07, 6.45) is 3.55. The number of amides is 1. The van der Waals surface area contributed by atoms with Crippen molar-refractivity contribution in [2.45, 2.75) is 6.92 Å². The van der Waals surface area contributed by atoms with Crippen LogP contribution in [-0.2, 0) is 0 Å². The molecule has 1 aliphatic rings. The minimum Gasteiger partial charge on any atom is -0.465 e. The van der Waals surface area contributed by atoms with Crippen molar-refractivity contribution in [1.29, 1.82) is 0 Å². The quantitative estimate of drug-likeness (QED) is 0.719. The molecule has 1 aliphatic heterocycles. The average molecular weight is 341 g/mol. The number of ether oxygens (including phenoxy) is 1. The molecule has 4 rings (SSSR count). The predicted molar refractivity (Wildman–Crippen MR) is 91.0 cm³/mol. The molecule has 0 bridgehead atoms. The van der Waals surface area contributed by atoms with Gasteiger partial charge in [0, 0.05) is 44.6 Å². The molecule has 0 spiro atoms. The van der Waals surface area contributed by atoms with Gasteiger partial charge in [-0.15, -0.1) is 5.10 Å². The van der Waals surface area contributed by atoms with Crippen molar-refractivity contribution < 1.29 is 13.9 Å². The number of carbonyl (C=O) groups is 1. The highest BCUT2D eigenvalue weighted by atomic mass is 16.6. The van der Waals surface area contributed by atoms with E-state index < -0.39 is 0 Å². The first-order valence-electron chi connectivity index (χ1n) is 8.32. The first kappa shape index (κ1) is 15.5. The lowest BCUT2D eigenvalue weighted by molar-refractivity contribution is 0.0706. The molecule has 3 aromatic heterocycles. The number of anilines is 1. The zero-order valence-electron chi connectivity index (χ0n) is 14.0. The summed E-state index contributed by atoms with van der Waals surface area (Å²) in [4.78, 5) is 20.7. The maximum Gasteiger partial charge on any atom is 0.289 e. The van der Waals surface area contributed by atoms with Crippen molar-refractivity contribution in [1.82, 2.24) is 19.5 Å². The topological polar surface area (TPSA) is 76.1 Å². The van der Waals surface area contributed by atoms with Crippen LogP contribution in [0.3, 0.4) is 0 Å². The van der Waals surface area contributed by atoms with Gasteiger partial charge in [-0.25, -0.2) is 9.50 Å². The highest BCUT2D eigenvalue weighted by Gasteiger charge is 2.25. The number of furan rings is 1. The van der Waals surface area contributed by atoms with Crippen molar-refractivity contribution in [3.8, 4) is 5.95 Å². The monoisotopic (exact) mass is 341 g/mol. The maximum atomic E-state index is 12.5. The lowest BCUT2D eigenvalue weighted by atomic mass is 10.3. The Morgan fingerprint density at radius 1 is 1.20 bits per heavy atom. The van der Waals surface area contributed by atoms with Gasteiger partial charge < -0.3 is 19.0 Å². The van der Waals surface area contributed by atoms with E-state index in [4.69, 9.17) is 9.15 Å². The first-order chi connectivity index (χ1) is 12.2. The van der Waals surface area contributed by atoms with Gasteiger partial charge in [-0.1, -0.05) is 0 Å². The molecule has 3 aromatic rings. The summed E-state index contributed by atoms with van der Waals surface area (Å²) in [6.45, 7) is 5.06. The molecule has 1 amide bonds. The Hall–Kier alpha value is -3.03. The Labute approximate surface area is 144 Å². The molecule has 0 radical (unpaired) electrons. The minimum atomic E-state index is -0.108. The summed E-state index contributed by atoms with van der Waals surface area (Å²) in [6, 6.07) is 7.24. The van der Waals surface area contributed by atoms with E-state index in [2.05, 4.69) is 15.0 Å². The van der Waals surface area contributed by atoms with Crippen LogP contribution in [0.15, 0.2) is 41.1 Å². The number of hydrogen-bond donors (Lipinski definition) is 0. The number of piperazine rings is 1. The average Bonchev–Trinajstić information content (AvgIpc) is 3.30. The Bertz CT molecular complexity index is 879. The van der Waals surface area contributed by atoms with Gasteiger partial charge in [0.25, 0.3) is 11.9 Å². The number of imidazole rings is 1. The van der Waals surface area contributed by atoms with Crippen LogP contribution in [0, 0.1) is 0 Å². The summed E-state index contributed by atoms with van der Waals surface area (Å²) in [7, 11) is 0. The third kappa shape index (κ3) is 3.02. The number of nitrogens with zero attached hydrogens (tertiary/aromatic N) is 5. The Kier molecular flexibility index (Phi) is 4.01. The fraction of sp³-hybridized carbons (Fsp3) is 0.353. The van der Waals surface area contributed by atoms with Crippen LogP contribution >= 0.6 is 0 Å². The van der Waals surface area contributed by atoms with Crippen LogP contribution in [0.4, 0.5) is 5.82 Å². The van der Waals surface area contributed by atoms with Crippen molar-refractivity contribution in [2.24, 2.45) is 0 Å². The van der Waals surface area contributed by atoms with Crippen molar-refractivity contribution in [3.05, 3.63) is 42.4 Å². The van der Waals surface area contributed by atoms with Crippen LogP contribution in [0.1, 0.15) is 17.5 Å². The molecule has 0 aromatic carbocycles. The Balaban J connectivity index is 1.40. The molecule has 25 heavy (non-hydrogen) atoms. The predicted octanol–water partition coefficient (Wildman–Crippen LogP) is 1.68. The van der Waals surface area contributed by atoms with E-state index >= 15 is 0 Å². The van der Waals surface area contributed by atoms with Gasteiger partial charge in [-0.3, -0.25) is 4.79 Å². The van der Waals surface area contributed by atoms with E-state index in [0.29, 0.717) is 31.4 Å². The lowest BCUT2D eigenvalue weighted by Crippen LogP contribution is -2.49. The van der Waals surface area contributed by atoms with Crippen LogP contribution in [0.25, 0.3) is 5.65 Å². The van der Waals surface area contributed by atoms with E-state index in [9.17, 15) is 4.79 Å². The number of hydrogen-bond acceptors (Lipinski definition) is 6. The number of fused-ring (bicyclic) bond motifs is 1. The molecule has 1 saturated heterocycles. The molecule has 0 N–H and O–H groups in total. The summed E-state index contributed by atoms with van der Waals surface area (Å²) in [5.41, 5.74) is 0.820. The molecule has 8 nitrogen and oxygen atoms in total. The Morgan fingerprint density at radius 2 is 2.04 bits per heavy atom. The zero-order valence-corrected chi connectivity index (χ0v) is 14.0. The number of rotatable bonds is 4. The van der Waals surface area contributed by atoms with Crippen LogP contribution < -0.4 is 9.64 Å². The second-order valence-electron chi connectivity index (χ2n) is 5.75. The number of aromatic nitrogens is 3. The molecule has 1 fully saturated rings. The van der Waals surface area contributed by atoms with E-state index in [1.165, 1.54) is 0 Å². The second-order valence-corrected chi connectivity index (χ2v) is 5.75. The number of carbonyl (C=O) groups excluding carboxylic acids is 1. The molecular weight excluding hydrogens is 322 g/mol. The van der Waals surface area contributed by atoms with Gasteiger partial charge in [0.15, 0.2) is 11.4 Å². The third-order valence-corrected chi connectivity index (χ3v) is 4.21. The standard InChI is InChI=1S/C17H19N5O3/c1-2-24-16-6-3-13(25-16)17(23)21-11-9-20(10-12-21)15-5-4-14-18-7-8-22(14)19-15/h3-8H,2,9-12H2,1H3. The van der Waals surface area contributed by atoms with Gasteiger partial charge in [-0.2, -0.15) is 0 Å². The largest absolute Gasteiger partial charge is 0.465 e. The van der Waals surface area contributed by atoms with E-state index in [1.807, 2.05) is 25.3 Å². The molecule has 0 saturated carbocycles. The van der Waals surface area contributed by atoms with E-state index in [0.717, 1.165) is 24.6 Å². The smallest absolute Gasteiger partial charge is 0.289 e. The molecule has 0 aliphatic carbocycles. The van der Waals surface area contributed by atoms with E-state index in [-0.39, 0.29) is 5.91 Å². The van der Waals surface area contributed by atoms with Crippen LogP contribution in [-0.4, -0.2) is 58.2 Å². The van der Waals surface area contributed by atoms with Gasteiger partial charge in [-0.05, 0) is 25.1 Å². The molecule has 130 valence electrons.